The van der Waals surface area contributed by atoms with Crippen molar-refractivity contribution < 1.29 is 28.0 Å². The number of benzene rings is 1. The summed E-state index contributed by atoms with van der Waals surface area (Å²) in [5.74, 6) is -4.62. The number of carbonyl (C=O) groups excluding carboxylic acids is 4. The monoisotopic (exact) mass is 488 g/mol. The zero-order valence-electron chi connectivity index (χ0n) is 19.7. The summed E-state index contributed by atoms with van der Waals surface area (Å²) in [5.41, 5.74) is 1.28. The maximum atomic E-state index is 13.2. The highest BCUT2D eigenvalue weighted by molar-refractivity contribution is 6.23. The largest absolute Gasteiger partial charge is 0.370 e. The highest BCUT2D eigenvalue weighted by Crippen LogP contribution is 2.42. The Bertz CT molecular complexity index is 1070. The van der Waals surface area contributed by atoms with Gasteiger partial charge in [0.1, 0.15) is 6.04 Å². The number of rotatable bonds is 6. The van der Waals surface area contributed by atoms with Gasteiger partial charge in [-0.25, -0.2) is 8.78 Å². The predicted molar refractivity (Wildman–Crippen MR) is 123 cm³/mol. The second kappa shape index (κ2) is 8.96. The zero-order chi connectivity index (χ0) is 24.9. The second-order valence-electron chi connectivity index (χ2n) is 10.3. The van der Waals surface area contributed by atoms with Crippen LogP contribution in [0.3, 0.4) is 0 Å². The molecular weight excluding hydrogens is 458 g/mol. The minimum Gasteiger partial charge on any atom is -0.370 e. The lowest BCUT2D eigenvalue weighted by atomic mass is 9.80. The average Bonchev–Trinajstić information content (AvgIpc) is 3.05. The highest BCUT2D eigenvalue weighted by atomic mass is 19.3. The van der Waals surface area contributed by atoms with Gasteiger partial charge in [-0.3, -0.25) is 29.4 Å². The molecule has 2 N–H and O–H groups in total. The number of hydrogen-bond donors (Lipinski definition) is 2. The van der Waals surface area contributed by atoms with Gasteiger partial charge in [0.25, 0.3) is 11.8 Å². The van der Waals surface area contributed by atoms with Crippen molar-refractivity contribution in [1.82, 2.24) is 15.5 Å². The summed E-state index contributed by atoms with van der Waals surface area (Å²) < 4.78 is 26.4. The van der Waals surface area contributed by atoms with Gasteiger partial charge >= 0.3 is 0 Å². The number of carbonyl (C=O) groups is 4. The first kappa shape index (κ1) is 23.8. The number of alkyl halides is 2. The third kappa shape index (κ3) is 4.44. The molecule has 10 heteroatoms. The summed E-state index contributed by atoms with van der Waals surface area (Å²) >= 11 is 0. The Hall–Kier alpha value is -2.88. The molecule has 35 heavy (non-hydrogen) atoms. The van der Waals surface area contributed by atoms with Crippen LogP contribution in [0.15, 0.2) is 18.2 Å². The summed E-state index contributed by atoms with van der Waals surface area (Å²) in [7, 11) is 1.95. The molecule has 5 rings (SSSR count). The van der Waals surface area contributed by atoms with Crippen molar-refractivity contribution >= 4 is 29.3 Å². The van der Waals surface area contributed by atoms with Crippen molar-refractivity contribution in [2.24, 2.45) is 5.92 Å². The molecule has 0 spiro atoms. The average molecular weight is 489 g/mol. The van der Waals surface area contributed by atoms with Crippen molar-refractivity contribution in [2.45, 2.75) is 75.4 Å². The summed E-state index contributed by atoms with van der Waals surface area (Å²) in [5, 5.41) is 5.72. The SMILES string of the molecule is CN(c1ccc2c(c1)C(=O)N(C1CCC(=O)NC1=O)C2=O)[C@@H]1CCCC[C@H]1NCC1CC(F)(F)C1. The molecule has 1 unspecified atom stereocenters. The number of hydrogen-bond acceptors (Lipinski definition) is 6. The van der Waals surface area contributed by atoms with E-state index in [9.17, 15) is 28.0 Å². The lowest BCUT2D eigenvalue weighted by molar-refractivity contribution is -0.136. The quantitative estimate of drug-likeness (QED) is 0.597. The van der Waals surface area contributed by atoms with Gasteiger partial charge in [0.15, 0.2) is 0 Å². The molecular formula is C25H30F2N4O4. The van der Waals surface area contributed by atoms with Gasteiger partial charge in [-0.1, -0.05) is 12.8 Å². The smallest absolute Gasteiger partial charge is 0.262 e. The summed E-state index contributed by atoms with van der Waals surface area (Å²) in [4.78, 5) is 53.0. The van der Waals surface area contributed by atoms with E-state index in [2.05, 4.69) is 15.5 Å². The lowest BCUT2D eigenvalue weighted by Crippen LogP contribution is -2.54. The Kier molecular flexibility index (Phi) is 6.11. The molecule has 2 aliphatic carbocycles. The Labute approximate surface area is 202 Å². The first-order valence-corrected chi connectivity index (χ1v) is 12.3. The number of fused-ring (bicyclic) bond motifs is 1. The van der Waals surface area contributed by atoms with E-state index in [1.165, 1.54) is 0 Å². The van der Waals surface area contributed by atoms with Crippen molar-refractivity contribution in [1.29, 1.82) is 0 Å². The zero-order valence-corrected chi connectivity index (χ0v) is 19.7. The molecule has 1 aromatic rings. The molecule has 188 valence electrons. The van der Waals surface area contributed by atoms with Crippen LogP contribution in [0.25, 0.3) is 0 Å². The number of nitrogens with zero attached hydrogens (tertiary/aromatic N) is 2. The van der Waals surface area contributed by atoms with E-state index < -0.39 is 35.6 Å². The number of piperidine rings is 1. The molecule has 3 fully saturated rings. The van der Waals surface area contributed by atoms with Crippen LogP contribution in [-0.4, -0.2) is 66.2 Å². The first-order chi connectivity index (χ1) is 16.6. The molecule has 1 aromatic carbocycles. The molecule has 4 aliphatic rings. The molecule has 2 aliphatic heterocycles. The van der Waals surface area contributed by atoms with Gasteiger partial charge < -0.3 is 10.2 Å². The fraction of sp³-hybridized carbons (Fsp3) is 0.600. The van der Waals surface area contributed by atoms with Crippen molar-refractivity contribution in [3.63, 3.8) is 0 Å². The normalized spacial score (nSPS) is 28.5. The van der Waals surface area contributed by atoms with E-state index in [4.69, 9.17) is 0 Å². The van der Waals surface area contributed by atoms with Crippen molar-refractivity contribution in [2.75, 3.05) is 18.5 Å². The molecule has 1 saturated heterocycles. The van der Waals surface area contributed by atoms with Crippen LogP contribution in [0.5, 0.6) is 0 Å². The van der Waals surface area contributed by atoms with Gasteiger partial charge in [-0.15, -0.1) is 0 Å². The fourth-order valence-corrected chi connectivity index (χ4v) is 5.93. The van der Waals surface area contributed by atoms with E-state index in [1.807, 2.05) is 7.05 Å². The van der Waals surface area contributed by atoms with Crippen LogP contribution >= 0.6 is 0 Å². The molecule has 0 bridgehead atoms. The summed E-state index contributed by atoms with van der Waals surface area (Å²) in [6.45, 7) is 0.572. The lowest BCUT2D eigenvalue weighted by Gasteiger charge is -2.42. The van der Waals surface area contributed by atoms with E-state index in [0.29, 0.717) is 6.54 Å². The topological polar surface area (TPSA) is 98.8 Å². The van der Waals surface area contributed by atoms with E-state index >= 15 is 0 Å². The van der Waals surface area contributed by atoms with Crippen molar-refractivity contribution in [3.05, 3.63) is 29.3 Å². The number of halogens is 2. The first-order valence-electron chi connectivity index (χ1n) is 12.3. The number of nitrogens with one attached hydrogen (secondary N) is 2. The van der Waals surface area contributed by atoms with E-state index in [-0.39, 0.29) is 54.8 Å². The molecule has 0 radical (unpaired) electrons. The van der Waals surface area contributed by atoms with Crippen LogP contribution in [0.4, 0.5) is 14.5 Å². The Morgan fingerprint density at radius 3 is 2.49 bits per heavy atom. The van der Waals surface area contributed by atoms with Crippen molar-refractivity contribution in [3.8, 4) is 0 Å². The van der Waals surface area contributed by atoms with E-state index in [0.717, 1.165) is 36.3 Å². The van der Waals surface area contributed by atoms with Gasteiger partial charge in [-0.05, 0) is 49.9 Å². The molecule has 0 aromatic heterocycles. The minimum absolute atomic E-state index is 0.000208. The number of anilines is 1. The third-order valence-electron chi connectivity index (χ3n) is 7.90. The molecule has 2 saturated carbocycles. The predicted octanol–water partition coefficient (Wildman–Crippen LogP) is 2.47. The van der Waals surface area contributed by atoms with Gasteiger partial charge in [-0.2, -0.15) is 0 Å². The van der Waals surface area contributed by atoms with Gasteiger partial charge in [0.2, 0.25) is 17.7 Å². The number of likely N-dealkylation sites (N-methyl/N-ethyl adjacent to an activating group) is 1. The van der Waals surface area contributed by atoms with Gasteiger partial charge in [0.05, 0.1) is 11.1 Å². The second-order valence-corrected chi connectivity index (χ2v) is 10.3. The number of imide groups is 2. The third-order valence-corrected chi connectivity index (χ3v) is 7.90. The van der Waals surface area contributed by atoms with E-state index in [1.54, 1.807) is 18.2 Å². The van der Waals surface area contributed by atoms with Crippen LogP contribution in [0.1, 0.15) is 72.1 Å². The Balaban J connectivity index is 1.30. The molecule has 2 heterocycles. The van der Waals surface area contributed by atoms with Gasteiger partial charge in [0, 0.05) is 44.1 Å². The maximum Gasteiger partial charge on any atom is 0.262 e. The molecule has 3 atom stereocenters. The summed E-state index contributed by atoms with van der Waals surface area (Å²) in [6, 6.07) is 4.39. The standard InChI is InChI=1S/C25H30F2N4O4/c1-30(19-5-3-2-4-18(19)28-13-14-11-25(26,27)12-14)15-6-7-16-17(10-15)24(35)31(23(16)34)20-8-9-21(32)29-22(20)33/h6-7,10,14,18-20,28H,2-5,8-9,11-13H2,1H3,(H,29,32,33)/t18-,19-,20?/m1/s1. The minimum atomic E-state index is -2.52. The molecule has 4 amide bonds. The fourth-order valence-electron chi connectivity index (χ4n) is 5.93. The maximum absolute atomic E-state index is 13.2. The highest BCUT2D eigenvalue weighted by Gasteiger charge is 2.46. The van der Waals surface area contributed by atoms with Crippen LogP contribution < -0.4 is 15.5 Å². The molecule has 8 nitrogen and oxygen atoms in total. The Morgan fingerprint density at radius 2 is 1.77 bits per heavy atom. The summed E-state index contributed by atoms with van der Waals surface area (Å²) in [6.07, 6.45) is 4.08. The number of amides is 4. The van der Waals surface area contributed by atoms with Crippen LogP contribution in [0, 0.1) is 5.92 Å². The Morgan fingerprint density at radius 1 is 1.06 bits per heavy atom. The van der Waals surface area contributed by atoms with Crippen LogP contribution in [-0.2, 0) is 9.59 Å². The van der Waals surface area contributed by atoms with Crippen LogP contribution in [0.2, 0.25) is 0 Å².